The summed E-state index contributed by atoms with van der Waals surface area (Å²) in [6, 6.07) is -1.19. The monoisotopic (exact) mass is 896 g/mol. The molecule has 0 radical (unpaired) electrons. The zero-order valence-electron chi connectivity index (χ0n) is 40.1. The Hall–Kier alpha value is -1.67. The molecular weight excluding hydrogens is 799 g/mol. The molecule has 1 aliphatic heterocycles. The molecule has 11 nitrogen and oxygen atoms in total. The molecule has 1 fully saturated rings. The third-order valence-corrected chi connectivity index (χ3v) is 12.4. The van der Waals surface area contributed by atoms with Crippen LogP contribution in [0.15, 0.2) is 36.5 Å². The lowest BCUT2D eigenvalue weighted by Crippen LogP contribution is -2.60. The van der Waals surface area contributed by atoms with Crippen LogP contribution in [-0.2, 0) is 14.3 Å². The molecule has 1 heterocycles. The third-order valence-electron chi connectivity index (χ3n) is 12.4. The second-order valence-electron chi connectivity index (χ2n) is 18.3. The quantitative estimate of drug-likeness (QED) is 0.0166. The zero-order chi connectivity index (χ0) is 46.2. The van der Waals surface area contributed by atoms with Crippen molar-refractivity contribution in [3.05, 3.63) is 36.5 Å². The van der Waals surface area contributed by atoms with Gasteiger partial charge in [-0.15, -0.1) is 0 Å². The Labute approximate surface area is 384 Å². The maximum atomic E-state index is 13.1. The molecule has 9 atom stereocenters. The van der Waals surface area contributed by atoms with Crippen molar-refractivity contribution in [1.82, 2.24) is 5.32 Å². The fourth-order valence-corrected chi connectivity index (χ4v) is 8.14. The molecule has 0 spiro atoms. The number of aliphatic hydroxyl groups excluding tert-OH is 7. The van der Waals surface area contributed by atoms with Gasteiger partial charge in [-0.3, -0.25) is 4.79 Å². The summed E-state index contributed by atoms with van der Waals surface area (Å²) in [6.07, 6.45) is 37.6. The number of carbonyl (C=O) groups excluding carboxylic acids is 1. The van der Waals surface area contributed by atoms with Crippen molar-refractivity contribution in [2.75, 3.05) is 13.2 Å². The zero-order valence-corrected chi connectivity index (χ0v) is 40.1. The van der Waals surface area contributed by atoms with Crippen molar-refractivity contribution in [3.63, 3.8) is 0 Å². The lowest BCUT2D eigenvalue weighted by Gasteiger charge is -2.40. The molecule has 0 aromatic rings. The molecule has 11 heteroatoms. The summed E-state index contributed by atoms with van der Waals surface area (Å²) < 4.78 is 11.1. The molecule has 63 heavy (non-hydrogen) atoms. The Morgan fingerprint density at radius 1 is 0.556 bits per heavy atom. The highest BCUT2D eigenvalue weighted by Gasteiger charge is 2.44. The van der Waals surface area contributed by atoms with Gasteiger partial charge in [0.25, 0.3) is 0 Å². The largest absolute Gasteiger partial charge is 0.394 e. The van der Waals surface area contributed by atoms with Crippen LogP contribution in [0, 0.1) is 0 Å². The number of hydrogen-bond acceptors (Lipinski definition) is 10. The van der Waals surface area contributed by atoms with Crippen LogP contribution in [-0.4, -0.2) is 110 Å². The standard InChI is InChI=1S/C52H97NO10/c1-3-5-7-9-11-13-15-17-19-21-23-25-27-29-31-33-35-37-39-44(55)47(57)43(42-62-52-50(60)49(59)48(58)46(41-54)63-52)53-51(61)45(56)40-38-36-34-32-30-28-26-24-22-20-18-16-14-12-10-8-6-4-2/h12,14,16,18,31,33,43-50,52,54-60H,3-11,13,15,17,19-30,32,34-42H2,1-2H3,(H,53,61)/b14-12-,18-16-,33-31+. The number of nitrogens with one attached hydrogen (secondary N) is 1. The molecule has 0 aliphatic carbocycles. The lowest BCUT2D eigenvalue weighted by atomic mass is 9.98. The first kappa shape index (κ1) is 59.3. The summed E-state index contributed by atoms with van der Waals surface area (Å²) in [5, 5.41) is 75.9. The minimum absolute atomic E-state index is 0.248. The van der Waals surface area contributed by atoms with E-state index in [0.29, 0.717) is 12.8 Å². The Morgan fingerprint density at radius 2 is 0.984 bits per heavy atom. The van der Waals surface area contributed by atoms with E-state index in [1.807, 2.05) is 0 Å². The molecule has 8 N–H and O–H groups in total. The van der Waals surface area contributed by atoms with Crippen LogP contribution in [0.25, 0.3) is 0 Å². The number of carbonyl (C=O) groups is 1. The number of ether oxygens (including phenoxy) is 2. The average molecular weight is 896 g/mol. The van der Waals surface area contributed by atoms with Crippen molar-refractivity contribution in [2.24, 2.45) is 0 Å². The number of rotatable bonds is 43. The van der Waals surface area contributed by atoms with Crippen LogP contribution < -0.4 is 5.32 Å². The first-order chi connectivity index (χ1) is 30.7. The van der Waals surface area contributed by atoms with E-state index in [0.717, 1.165) is 44.9 Å². The van der Waals surface area contributed by atoms with E-state index in [4.69, 9.17) is 9.47 Å². The topological polar surface area (TPSA) is 189 Å². The summed E-state index contributed by atoms with van der Waals surface area (Å²) in [6.45, 7) is 3.41. The molecular formula is C52H97NO10. The van der Waals surface area contributed by atoms with E-state index in [9.17, 15) is 40.5 Å². The van der Waals surface area contributed by atoms with E-state index in [-0.39, 0.29) is 12.8 Å². The molecule has 0 aromatic carbocycles. The van der Waals surface area contributed by atoms with Gasteiger partial charge in [0.1, 0.15) is 36.6 Å². The maximum Gasteiger partial charge on any atom is 0.249 e. The first-order valence-corrected chi connectivity index (χ1v) is 25.9. The van der Waals surface area contributed by atoms with Gasteiger partial charge in [-0.1, -0.05) is 192 Å². The van der Waals surface area contributed by atoms with Crippen LogP contribution >= 0.6 is 0 Å². The highest BCUT2D eigenvalue weighted by atomic mass is 16.7. The van der Waals surface area contributed by atoms with Gasteiger partial charge in [-0.05, 0) is 64.2 Å². The molecule has 0 saturated carbocycles. The van der Waals surface area contributed by atoms with E-state index >= 15 is 0 Å². The number of hydrogen-bond donors (Lipinski definition) is 8. The van der Waals surface area contributed by atoms with Gasteiger partial charge in [0.05, 0.1) is 25.4 Å². The molecule has 1 aliphatic rings. The van der Waals surface area contributed by atoms with Gasteiger partial charge >= 0.3 is 0 Å². The van der Waals surface area contributed by atoms with Crippen LogP contribution in [0.1, 0.15) is 219 Å². The summed E-state index contributed by atoms with van der Waals surface area (Å²) in [5.74, 6) is -0.711. The van der Waals surface area contributed by atoms with Gasteiger partial charge in [0.15, 0.2) is 6.29 Å². The highest BCUT2D eigenvalue weighted by molar-refractivity contribution is 5.80. The summed E-state index contributed by atoms with van der Waals surface area (Å²) in [4.78, 5) is 13.1. The highest BCUT2D eigenvalue weighted by Crippen LogP contribution is 2.23. The van der Waals surface area contributed by atoms with Gasteiger partial charge in [0.2, 0.25) is 5.91 Å². The number of amides is 1. The predicted octanol–water partition coefficient (Wildman–Crippen LogP) is 9.56. The summed E-state index contributed by atoms with van der Waals surface area (Å²) >= 11 is 0. The average Bonchev–Trinajstić information content (AvgIpc) is 3.28. The Kier molecular flexibility index (Phi) is 39.3. The van der Waals surface area contributed by atoms with Crippen molar-refractivity contribution >= 4 is 5.91 Å². The molecule has 1 amide bonds. The molecule has 9 unspecified atom stereocenters. The fraction of sp³-hybridized carbons (Fsp3) is 0.865. The maximum absolute atomic E-state index is 13.1. The second kappa shape index (κ2) is 41.7. The Morgan fingerprint density at radius 3 is 1.49 bits per heavy atom. The molecule has 0 bridgehead atoms. The van der Waals surface area contributed by atoms with E-state index in [1.165, 1.54) is 135 Å². The number of allylic oxidation sites excluding steroid dienone is 6. The smallest absolute Gasteiger partial charge is 0.249 e. The minimum atomic E-state index is -1.67. The van der Waals surface area contributed by atoms with Crippen molar-refractivity contribution < 1.29 is 50.0 Å². The van der Waals surface area contributed by atoms with E-state index < -0.39 is 74.2 Å². The lowest BCUT2D eigenvalue weighted by molar-refractivity contribution is -0.303. The molecule has 1 rings (SSSR count). The van der Waals surface area contributed by atoms with Crippen LogP contribution in [0.4, 0.5) is 0 Å². The number of aliphatic hydroxyl groups is 7. The molecule has 1 saturated heterocycles. The third kappa shape index (κ3) is 31.0. The second-order valence-corrected chi connectivity index (χ2v) is 18.3. The minimum Gasteiger partial charge on any atom is -0.394 e. The van der Waals surface area contributed by atoms with Crippen molar-refractivity contribution in [2.45, 2.75) is 274 Å². The summed E-state index contributed by atoms with van der Waals surface area (Å²) in [7, 11) is 0. The first-order valence-electron chi connectivity index (χ1n) is 25.9. The van der Waals surface area contributed by atoms with E-state index in [2.05, 4.69) is 55.6 Å². The Balaban J connectivity index is 2.41. The van der Waals surface area contributed by atoms with Gasteiger partial charge in [-0.25, -0.2) is 0 Å². The molecule has 370 valence electrons. The van der Waals surface area contributed by atoms with Crippen molar-refractivity contribution in [3.8, 4) is 0 Å². The number of unbranched alkanes of at least 4 members (excludes halogenated alkanes) is 26. The fourth-order valence-electron chi connectivity index (χ4n) is 8.14. The van der Waals surface area contributed by atoms with Gasteiger partial charge in [-0.2, -0.15) is 0 Å². The van der Waals surface area contributed by atoms with Crippen molar-refractivity contribution in [1.29, 1.82) is 0 Å². The van der Waals surface area contributed by atoms with E-state index in [1.54, 1.807) is 0 Å². The summed E-state index contributed by atoms with van der Waals surface area (Å²) in [5.41, 5.74) is 0. The molecule has 0 aromatic heterocycles. The van der Waals surface area contributed by atoms with Crippen LogP contribution in [0.2, 0.25) is 0 Å². The Bertz CT molecular complexity index is 1120. The van der Waals surface area contributed by atoms with Crippen LogP contribution in [0.3, 0.4) is 0 Å². The normalized spacial score (nSPS) is 21.4. The van der Waals surface area contributed by atoms with Crippen LogP contribution in [0.5, 0.6) is 0 Å². The predicted molar refractivity (Wildman–Crippen MR) is 256 cm³/mol. The van der Waals surface area contributed by atoms with Gasteiger partial charge in [0, 0.05) is 0 Å². The van der Waals surface area contributed by atoms with Gasteiger partial charge < -0.3 is 50.5 Å². The SMILES string of the molecule is CCCCC/C=C\C=C/CCCCCCCCCCCC(O)C(=O)NC(COC1OC(CO)C(O)C(O)C1O)C(O)C(O)CCC/C=C/CCCCCCCCCCCCCCC.